The standard InChI is InChI=1S/C13H12N2O4S/c1-8-3-4-10(5-12(8)15(17)18)9(2)19-13(16)11-6-20-7-14-11/h3-7,9H,1-2H3. The van der Waals surface area contributed by atoms with Crippen LogP contribution in [-0.2, 0) is 4.74 Å². The van der Waals surface area contributed by atoms with Crippen LogP contribution in [-0.4, -0.2) is 15.9 Å². The van der Waals surface area contributed by atoms with Crippen molar-refractivity contribution in [2.24, 2.45) is 0 Å². The van der Waals surface area contributed by atoms with Gasteiger partial charge in [-0.25, -0.2) is 9.78 Å². The Morgan fingerprint density at radius 2 is 2.25 bits per heavy atom. The van der Waals surface area contributed by atoms with Crippen molar-refractivity contribution < 1.29 is 14.5 Å². The molecule has 0 saturated heterocycles. The molecule has 1 aromatic heterocycles. The number of benzene rings is 1. The molecular weight excluding hydrogens is 280 g/mol. The lowest BCUT2D eigenvalue weighted by Gasteiger charge is -2.13. The van der Waals surface area contributed by atoms with Gasteiger partial charge in [-0.05, 0) is 19.4 Å². The maximum Gasteiger partial charge on any atom is 0.358 e. The third-order valence-electron chi connectivity index (χ3n) is 2.82. The summed E-state index contributed by atoms with van der Waals surface area (Å²) in [4.78, 5) is 26.1. The van der Waals surface area contributed by atoms with Gasteiger partial charge in [0.1, 0.15) is 6.10 Å². The Bertz CT molecular complexity index is 640. The summed E-state index contributed by atoms with van der Waals surface area (Å²) in [5.41, 5.74) is 2.93. The van der Waals surface area contributed by atoms with E-state index < -0.39 is 17.0 Å². The largest absolute Gasteiger partial charge is 0.453 e. The zero-order valence-corrected chi connectivity index (χ0v) is 11.7. The van der Waals surface area contributed by atoms with Gasteiger partial charge in [0.05, 0.1) is 10.4 Å². The Morgan fingerprint density at radius 1 is 1.50 bits per heavy atom. The number of aryl methyl sites for hydroxylation is 1. The van der Waals surface area contributed by atoms with Crippen LogP contribution in [0.1, 0.15) is 34.6 Å². The summed E-state index contributed by atoms with van der Waals surface area (Å²) in [6.07, 6.45) is -0.580. The van der Waals surface area contributed by atoms with Crippen LogP contribution >= 0.6 is 11.3 Å². The smallest absolute Gasteiger partial charge is 0.358 e. The average molecular weight is 292 g/mol. The quantitative estimate of drug-likeness (QED) is 0.490. The lowest BCUT2D eigenvalue weighted by Crippen LogP contribution is -2.10. The number of hydrogen-bond donors (Lipinski definition) is 0. The highest BCUT2D eigenvalue weighted by Crippen LogP contribution is 2.25. The fraction of sp³-hybridized carbons (Fsp3) is 0.231. The number of ether oxygens (including phenoxy) is 1. The van der Waals surface area contributed by atoms with Crippen molar-refractivity contribution >= 4 is 23.0 Å². The van der Waals surface area contributed by atoms with E-state index >= 15 is 0 Å². The molecule has 0 amide bonds. The number of nitrogens with zero attached hydrogens (tertiary/aromatic N) is 2. The molecular formula is C13H12N2O4S. The zero-order valence-electron chi connectivity index (χ0n) is 10.9. The summed E-state index contributed by atoms with van der Waals surface area (Å²) in [6, 6.07) is 4.77. The summed E-state index contributed by atoms with van der Waals surface area (Å²) in [5.74, 6) is -0.540. The number of nitro groups is 1. The molecule has 0 saturated carbocycles. The van der Waals surface area contributed by atoms with E-state index in [0.29, 0.717) is 11.1 Å². The van der Waals surface area contributed by atoms with Crippen LogP contribution in [0.4, 0.5) is 5.69 Å². The maximum absolute atomic E-state index is 11.8. The van der Waals surface area contributed by atoms with Gasteiger partial charge in [0, 0.05) is 17.0 Å². The number of carbonyl (C=O) groups is 1. The van der Waals surface area contributed by atoms with Gasteiger partial charge in [0.25, 0.3) is 5.69 Å². The molecule has 104 valence electrons. The number of carbonyl (C=O) groups excluding carboxylic acids is 1. The summed E-state index contributed by atoms with van der Waals surface area (Å²) < 4.78 is 5.24. The van der Waals surface area contributed by atoms with E-state index in [4.69, 9.17) is 4.74 Å². The molecule has 20 heavy (non-hydrogen) atoms. The van der Waals surface area contributed by atoms with Crippen LogP contribution in [0.2, 0.25) is 0 Å². The Kier molecular flexibility index (Phi) is 4.09. The van der Waals surface area contributed by atoms with Crippen molar-refractivity contribution in [3.8, 4) is 0 Å². The number of rotatable bonds is 4. The van der Waals surface area contributed by atoms with Gasteiger partial charge in [0.2, 0.25) is 0 Å². The Balaban J connectivity index is 2.17. The van der Waals surface area contributed by atoms with Crippen molar-refractivity contribution in [3.05, 3.63) is 56.0 Å². The van der Waals surface area contributed by atoms with Crippen LogP contribution in [0, 0.1) is 17.0 Å². The summed E-state index contributed by atoms with van der Waals surface area (Å²) in [6.45, 7) is 3.33. The maximum atomic E-state index is 11.8. The Hall–Kier alpha value is -2.28. The molecule has 6 nitrogen and oxygen atoms in total. The Morgan fingerprint density at radius 3 is 2.85 bits per heavy atom. The summed E-state index contributed by atoms with van der Waals surface area (Å²) in [5, 5.41) is 12.5. The summed E-state index contributed by atoms with van der Waals surface area (Å²) in [7, 11) is 0. The van der Waals surface area contributed by atoms with Gasteiger partial charge < -0.3 is 4.74 Å². The predicted octanol–water partition coefficient (Wildman–Crippen LogP) is 3.28. The fourth-order valence-corrected chi connectivity index (χ4v) is 2.20. The second-order valence-electron chi connectivity index (χ2n) is 4.22. The molecule has 0 bridgehead atoms. The van der Waals surface area contributed by atoms with Crippen LogP contribution in [0.3, 0.4) is 0 Å². The van der Waals surface area contributed by atoms with E-state index in [9.17, 15) is 14.9 Å². The SMILES string of the molecule is Cc1ccc(C(C)OC(=O)c2cscn2)cc1[N+](=O)[O-]. The van der Waals surface area contributed by atoms with Gasteiger partial charge >= 0.3 is 5.97 Å². The first kappa shape index (κ1) is 14.1. The van der Waals surface area contributed by atoms with Gasteiger partial charge in [-0.1, -0.05) is 12.1 Å². The highest BCUT2D eigenvalue weighted by molar-refractivity contribution is 7.07. The van der Waals surface area contributed by atoms with Crippen molar-refractivity contribution in [3.63, 3.8) is 0 Å². The molecule has 0 radical (unpaired) electrons. The molecule has 1 aromatic carbocycles. The molecule has 1 unspecified atom stereocenters. The van der Waals surface area contributed by atoms with Crippen molar-refractivity contribution in [1.29, 1.82) is 0 Å². The number of esters is 1. The van der Waals surface area contributed by atoms with Crippen molar-refractivity contribution in [2.45, 2.75) is 20.0 Å². The lowest BCUT2D eigenvalue weighted by molar-refractivity contribution is -0.385. The van der Waals surface area contributed by atoms with Crippen LogP contribution < -0.4 is 0 Å². The lowest BCUT2D eigenvalue weighted by atomic mass is 10.1. The van der Waals surface area contributed by atoms with Crippen LogP contribution in [0.5, 0.6) is 0 Å². The normalized spacial score (nSPS) is 11.9. The van der Waals surface area contributed by atoms with E-state index in [2.05, 4.69) is 4.98 Å². The van der Waals surface area contributed by atoms with Gasteiger partial charge in [-0.3, -0.25) is 10.1 Å². The van der Waals surface area contributed by atoms with Gasteiger partial charge in [-0.15, -0.1) is 11.3 Å². The third kappa shape index (κ3) is 3.00. The fourth-order valence-electron chi connectivity index (χ4n) is 1.68. The number of nitro benzene ring substituents is 1. The van der Waals surface area contributed by atoms with E-state index in [1.165, 1.54) is 22.9 Å². The minimum absolute atomic E-state index is 0.0130. The second kappa shape index (κ2) is 5.79. The first-order valence-corrected chi connectivity index (χ1v) is 6.77. The van der Waals surface area contributed by atoms with E-state index in [0.717, 1.165) is 0 Å². The molecule has 2 rings (SSSR count). The molecule has 0 aliphatic carbocycles. The van der Waals surface area contributed by atoms with E-state index in [1.54, 1.807) is 31.4 Å². The monoisotopic (exact) mass is 292 g/mol. The average Bonchev–Trinajstić information content (AvgIpc) is 2.92. The van der Waals surface area contributed by atoms with Crippen molar-refractivity contribution in [1.82, 2.24) is 4.98 Å². The van der Waals surface area contributed by atoms with Crippen molar-refractivity contribution in [2.75, 3.05) is 0 Å². The molecule has 7 heteroatoms. The number of thiazole rings is 1. The van der Waals surface area contributed by atoms with E-state index in [-0.39, 0.29) is 11.4 Å². The van der Waals surface area contributed by atoms with E-state index in [1.807, 2.05) is 0 Å². The third-order valence-corrected chi connectivity index (χ3v) is 3.41. The molecule has 0 fully saturated rings. The predicted molar refractivity (Wildman–Crippen MR) is 73.8 cm³/mol. The highest BCUT2D eigenvalue weighted by Gasteiger charge is 2.18. The number of aromatic nitrogens is 1. The molecule has 1 atom stereocenters. The first-order chi connectivity index (χ1) is 9.49. The molecule has 2 aromatic rings. The topological polar surface area (TPSA) is 82.3 Å². The van der Waals surface area contributed by atoms with Gasteiger partial charge in [-0.2, -0.15) is 0 Å². The summed E-state index contributed by atoms with van der Waals surface area (Å²) >= 11 is 1.30. The first-order valence-electron chi connectivity index (χ1n) is 5.83. The minimum Gasteiger partial charge on any atom is -0.453 e. The molecule has 0 aliphatic rings. The minimum atomic E-state index is -0.580. The van der Waals surface area contributed by atoms with Crippen LogP contribution in [0.15, 0.2) is 29.1 Å². The van der Waals surface area contributed by atoms with Gasteiger partial charge in [0.15, 0.2) is 5.69 Å². The Labute approximate surface area is 119 Å². The molecule has 0 N–H and O–H groups in total. The molecule has 1 heterocycles. The zero-order chi connectivity index (χ0) is 14.7. The van der Waals surface area contributed by atoms with Crippen LogP contribution in [0.25, 0.3) is 0 Å². The highest BCUT2D eigenvalue weighted by atomic mass is 32.1. The second-order valence-corrected chi connectivity index (χ2v) is 4.94. The molecule has 0 spiro atoms. The number of hydrogen-bond acceptors (Lipinski definition) is 6. The molecule has 0 aliphatic heterocycles.